The summed E-state index contributed by atoms with van der Waals surface area (Å²) in [5.41, 5.74) is 0.513. The summed E-state index contributed by atoms with van der Waals surface area (Å²) < 4.78 is 0. The smallest absolute Gasteiger partial charge is 0.231 e. The summed E-state index contributed by atoms with van der Waals surface area (Å²) >= 11 is 0. The SMILES string of the molecule is N#Cc1cccc(NC(=O)C2(CC(=O)NC3CC3)CCCC2)c1. The highest BCUT2D eigenvalue weighted by molar-refractivity contribution is 5.98. The molecule has 2 amide bonds. The fourth-order valence-electron chi connectivity index (χ4n) is 3.28. The van der Waals surface area contributed by atoms with Gasteiger partial charge in [0.25, 0.3) is 0 Å². The van der Waals surface area contributed by atoms with E-state index in [0.29, 0.717) is 17.3 Å². The number of amides is 2. The van der Waals surface area contributed by atoms with Crippen molar-refractivity contribution in [2.75, 3.05) is 5.32 Å². The van der Waals surface area contributed by atoms with E-state index in [0.717, 1.165) is 38.5 Å². The predicted molar refractivity (Wildman–Crippen MR) is 86.5 cm³/mol. The monoisotopic (exact) mass is 311 g/mol. The largest absolute Gasteiger partial charge is 0.353 e. The summed E-state index contributed by atoms with van der Waals surface area (Å²) in [4.78, 5) is 25.0. The normalized spacial score (nSPS) is 18.9. The van der Waals surface area contributed by atoms with Crippen molar-refractivity contribution in [3.8, 4) is 6.07 Å². The van der Waals surface area contributed by atoms with Crippen LogP contribution in [0.4, 0.5) is 5.69 Å². The molecule has 1 aromatic carbocycles. The third-order valence-corrected chi connectivity index (χ3v) is 4.73. The van der Waals surface area contributed by atoms with Crippen LogP contribution in [-0.4, -0.2) is 17.9 Å². The van der Waals surface area contributed by atoms with E-state index in [1.165, 1.54) is 0 Å². The van der Waals surface area contributed by atoms with Crippen LogP contribution in [0.5, 0.6) is 0 Å². The molecule has 0 unspecified atom stereocenters. The molecule has 0 bridgehead atoms. The molecule has 23 heavy (non-hydrogen) atoms. The van der Waals surface area contributed by atoms with Gasteiger partial charge in [-0.1, -0.05) is 18.9 Å². The maximum atomic E-state index is 12.8. The molecule has 2 aliphatic carbocycles. The highest BCUT2D eigenvalue weighted by Crippen LogP contribution is 2.42. The zero-order chi connectivity index (χ0) is 16.3. The fraction of sp³-hybridized carbons (Fsp3) is 0.500. The Bertz CT molecular complexity index is 652. The first-order valence-corrected chi connectivity index (χ1v) is 8.22. The van der Waals surface area contributed by atoms with Gasteiger partial charge in [-0.3, -0.25) is 9.59 Å². The van der Waals surface area contributed by atoms with Gasteiger partial charge in [-0.25, -0.2) is 0 Å². The third kappa shape index (κ3) is 3.70. The summed E-state index contributed by atoms with van der Waals surface area (Å²) in [5.74, 6) is -0.119. The molecule has 0 saturated heterocycles. The van der Waals surface area contributed by atoms with Crippen LogP contribution in [0.2, 0.25) is 0 Å². The highest BCUT2D eigenvalue weighted by Gasteiger charge is 2.43. The number of hydrogen-bond acceptors (Lipinski definition) is 3. The molecule has 2 aliphatic rings. The number of carbonyl (C=O) groups is 2. The van der Waals surface area contributed by atoms with Gasteiger partial charge in [0.2, 0.25) is 11.8 Å². The topological polar surface area (TPSA) is 82.0 Å². The molecule has 2 fully saturated rings. The maximum absolute atomic E-state index is 12.8. The molecule has 0 aliphatic heterocycles. The molecule has 120 valence electrons. The Kier molecular flexibility index (Phi) is 4.33. The van der Waals surface area contributed by atoms with Gasteiger partial charge < -0.3 is 10.6 Å². The minimum absolute atomic E-state index is 0.0182. The van der Waals surface area contributed by atoms with E-state index >= 15 is 0 Å². The lowest BCUT2D eigenvalue weighted by Crippen LogP contribution is -2.39. The van der Waals surface area contributed by atoms with Gasteiger partial charge in [-0.15, -0.1) is 0 Å². The number of hydrogen-bond donors (Lipinski definition) is 2. The van der Waals surface area contributed by atoms with E-state index in [4.69, 9.17) is 5.26 Å². The molecule has 2 saturated carbocycles. The molecule has 0 spiro atoms. The highest BCUT2D eigenvalue weighted by atomic mass is 16.2. The van der Waals surface area contributed by atoms with E-state index in [1.807, 2.05) is 0 Å². The molecule has 2 N–H and O–H groups in total. The molecule has 5 heteroatoms. The van der Waals surface area contributed by atoms with Gasteiger partial charge in [-0.05, 0) is 43.9 Å². The quantitative estimate of drug-likeness (QED) is 0.877. The van der Waals surface area contributed by atoms with Crippen molar-refractivity contribution in [2.24, 2.45) is 5.41 Å². The zero-order valence-corrected chi connectivity index (χ0v) is 13.1. The van der Waals surface area contributed by atoms with E-state index < -0.39 is 5.41 Å². The molecule has 0 atom stereocenters. The number of carbonyl (C=O) groups excluding carboxylic acids is 2. The van der Waals surface area contributed by atoms with E-state index in [1.54, 1.807) is 24.3 Å². The first kappa shape index (κ1) is 15.5. The van der Waals surface area contributed by atoms with Crippen LogP contribution in [0.3, 0.4) is 0 Å². The summed E-state index contributed by atoms with van der Waals surface area (Å²) in [6, 6.07) is 9.25. The van der Waals surface area contributed by atoms with Crippen molar-refractivity contribution >= 4 is 17.5 Å². The third-order valence-electron chi connectivity index (χ3n) is 4.73. The Hall–Kier alpha value is -2.35. The Balaban J connectivity index is 1.70. The van der Waals surface area contributed by atoms with Crippen molar-refractivity contribution in [3.05, 3.63) is 29.8 Å². The molecular formula is C18H21N3O2. The second-order valence-electron chi connectivity index (χ2n) is 6.65. The lowest BCUT2D eigenvalue weighted by atomic mass is 9.81. The number of nitrogens with zero attached hydrogens (tertiary/aromatic N) is 1. The van der Waals surface area contributed by atoms with Gasteiger partial charge >= 0.3 is 0 Å². The van der Waals surface area contributed by atoms with E-state index in [-0.39, 0.29) is 18.2 Å². The Labute approximate surface area is 136 Å². The van der Waals surface area contributed by atoms with Gasteiger partial charge in [-0.2, -0.15) is 5.26 Å². The van der Waals surface area contributed by atoms with Gasteiger partial charge in [0.05, 0.1) is 17.0 Å². The number of anilines is 1. The van der Waals surface area contributed by atoms with Crippen LogP contribution < -0.4 is 10.6 Å². The molecule has 1 aromatic rings. The second-order valence-corrected chi connectivity index (χ2v) is 6.65. The first-order chi connectivity index (χ1) is 11.1. The lowest BCUT2D eigenvalue weighted by Gasteiger charge is -2.27. The van der Waals surface area contributed by atoms with Crippen molar-refractivity contribution in [3.63, 3.8) is 0 Å². The predicted octanol–water partition coefficient (Wildman–Crippen LogP) is 2.73. The number of nitrogens with one attached hydrogen (secondary N) is 2. The minimum atomic E-state index is -0.610. The maximum Gasteiger partial charge on any atom is 0.231 e. The number of nitriles is 1. The van der Waals surface area contributed by atoms with Crippen LogP contribution in [0, 0.1) is 16.7 Å². The zero-order valence-electron chi connectivity index (χ0n) is 13.1. The van der Waals surface area contributed by atoms with E-state index in [9.17, 15) is 9.59 Å². The van der Waals surface area contributed by atoms with Crippen molar-refractivity contribution in [1.82, 2.24) is 5.32 Å². The minimum Gasteiger partial charge on any atom is -0.353 e. The molecule has 0 aromatic heterocycles. The van der Waals surface area contributed by atoms with Crippen LogP contribution in [0.25, 0.3) is 0 Å². The summed E-state index contributed by atoms with van der Waals surface area (Å²) in [6.45, 7) is 0. The van der Waals surface area contributed by atoms with Crippen molar-refractivity contribution in [1.29, 1.82) is 5.26 Å². The summed E-state index contributed by atoms with van der Waals surface area (Å²) in [5, 5.41) is 14.8. The van der Waals surface area contributed by atoms with Crippen LogP contribution in [0.15, 0.2) is 24.3 Å². The molecule has 0 heterocycles. The second kappa shape index (κ2) is 6.41. The van der Waals surface area contributed by atoms with Crippen LogP contribution in [0.1, 0.15) is 50.5 Å². The fourth-order valence-corrected chi connectivity index (χ4v) is 3.28. The standard InChI is InChI=1S/C18H21N3O2/c19-12-13-4-3-5-15(10-13)21-17(23)18(8-1-2-9-18)11-16(22)20-14-6-7-14/h3-5,10,14H,1-2,6-9,11H2,(H,20,22)(H,21,23). The number of rotatable bonds is 5. The molecule has 0 radical (unpaired) electrons. The first-order valence-electron chi connectivity index (χ1n) is 8.22. The van der Waals surface area contributed by atoms with Gasteiger partial charge in [0.1, 0.15) is 0 Å². The van der Waals surface area contributed by atoms with Crippen molar-refractivity contribution < 1.29 is 9.59 Å². The van der Waals surface area contributed by atoms with Gasteiger partial charge in [0.15, 0.2) is 0 Å². The van der Waals surface area contributed by atoms with Crippen LogP contribution >= 0.6 is 0 Å². The average molecular weight is 311 g/mol. The van der Waals surface area contributed by atoms with Crippen LogP contribution in [-0.2, 0) is 9.59 Å². The Morgan fingerprint density at radius 1 is 1.26 bits per heavy atom. The molecular weight excluding hydrogens is 290 g/mol. The summed E-state index contributed by atoms with van der Waals surface area (Å²) in [7, 11) is 0. The Morgan fingerprint density at radius 2 is 2.00 bits per heavy atom. The lowest BCUT2D eigenvalue weighted by molar-refractivity contribution is -0.132. The van der Waals surface area contributed by atoms with E-state index in [2.05, 4.69) is 16.7 Å². The Morgan fingerprint density at radius 3 is 2.65 bits per heavy atom. The average Bonchev–Trinajstić information content (AvgIpc) is 3.22. The molecule has 3 rings (SSSR count). The summed E-state index contributed by atoms with van der Waals surface area (Å²) in [6.07, 6.45) is 5.79. The van der Waals surface area contributed by atoms with Gasteiger partial charge in [0, 0.05) is 18.2 Å². The molecule has 5 nitrogen and oxygen atoms in total. The number of benzene rings is 1. The van der Waals surface area contributed by atoms with Crippen molar-refractivity contribution in [2.45, 2.75) is 51.0 Å².